The third-order valence-electron chi connectivity index (χ3n) is 3.03. The van der Waals surface area contributed by atoms with Gasteiger partial charge in [-0.05, 0) is 37.6 Å². The second kappa shape index (κ2) is 5.23. The molecule has 1 aromatic heterocycles. The first-order valence-corrected chi connectivity index (χ1v) is 6.08. The molecular weight excluding hydrogens is 228 g/mol. The van der Waals surface area contributed by atoms with Gasteiger partial charge in [0.2, 0.25) is 0 Å². The van der Waals surface area contributed by atoms with Gasteiger partial charge in [-0.15, -0.1) is 0 Å². The number of hydrogen-bond donors (Lipinski definition) is 2. The maximum absolute atomic E-state index is 12.2. The molecule has 2 rings (SSSR count). The molecule has 1 heterocycles. The van der Waals surface area contributed by atoms with E-state index in [0.29, 0.717) is 18.5 Å². The van der Waals surface area contributed by atoms with E-state index in [9.17, 15) is 9.90 Å². The van der Waals surface area contributed by atoms with Crippen molar-refractivity contribution in [3.63, 3.8) is 0 Å². The predicted octanol–water partition coefficient (Wildman–Crippen LogP) is 2.01. The molecule has 0 aliphatic rings. The number of nitrogens with one attached hydrogen (secondary N) is 1. The molecule has 1 unspecified atom stereocenters. The van der Waals surface area contributed by atoms with Crippen LogP contribution < -0.4 is 0 Å². The molecular formula is C14H18N2O2. The van der Waals surface area contributed by atoms with Crippen LogP contribution in [0.5, 0.6) is 0 Å². The van der Waals surface area contributed by atoms with E-state index in [-0.39, 0.29) is 12.0 Å². The van der Waals surface area contributed by atoms with Crippen LogP contribution in [-0.4, -0.2) is 40.6 Å². The Kier molecular flexibility index (Phi) is 3.67. The maximum Gasteiger partial charge on any atom is 0.253 e. The summed E-state index contributed by atoms with van der Waals surface area (Å²) in [6, 6.07) is 7.56. The Balaban J connectivity index is 2.12. The molecule has 1 aromatic carbocycles. The maximum atomic E-state index is 12.2. The summed E-state index contributed by atoms with van der Waals surface area (Å²) >= 11 is 0. The van der Waals surface area contributed by atoms with Gasteiger partial charge in [0.1, 0.15) is 0 Å². The lowest BCUT2D eigenvalue weighted by atomic mass is 10.1. The highest BCUT2D eigenvalue weighted by atomic mass is 16.3. The van der Waals surface area contributed by atoms with E-state index in [2.05, 4.69) is 4.98 Å². The number of amides is 1. The van der Waals surface area contributed by atoms with Crippen LogP contribution in [0.15, 0.2) is 30.5 Å². The van der Waals surface area contributed by atoms with Crippen molar-refractivity contribution in [2.75, 3.05) is 13.6 Å². The second-order valence-electron chi connectivity index (χ2n) is 4.64. The lowest BCUT2D eigenvalue weighted by Crippen LogP contribution is -2.29. The number of aromatic nitrogens is 1. The minimum absolute atomic E-state index is 0.0150. The van der Waals surface area contributed by atoms with Gasteiger partial charge < -0.3 is 15.0 Å². The van der Waals surface area contributed by atoms with Crippen LogP contribution in [0.2, 0.25) is 0 Å². The smallest absolute Gasteiger partial charge is 0.253 e. The van der Waals surface area contributed by atoms with E-state index in [0.717, 1.165) is 10.9 Å². The van der Waals surface area contributed by atoms with Gasteiger partial charge >= 0.3 is 0 Å². The Labute approximate surface area is 106 Å². The molecule has 0 spiro atoms. The number of nitrogens with zero attached hydrogens (tertiary/aromatic N) is 1. The summed E-state index contributed by atoms with van der Waals surface area (Å²) in [7, 11) is 1.76. The first-order chi connectivity index (χ1) is 8.58. The van der Waals surface area contributed by atoms with E-state index < -0.39 is 0 Å². The summed E-state index contributed by atoms with van der Waals surface area (Å²) < 4.78 is 0. The van der Waals surface area contributed by atoms with Crippen molar-refractivity contribution in [1.29, 1.82) is 0 Å². The Hall–Kier alpha value is -1.81. The van der Waals surface area contributed by atoms with Gasteiger partial charge in [-0.25, -0.2) is 0 Å². The van der Waals surface area contributed by atoms with Crippen molar-refractivity contribution in [3.8, 4) is 0 Å². The van der Waals surface area contributed by atoms with Gasteiger partial charge in [0.15, 0.2) is 0 Å². The molecule has 1 amide bonds. The van der Waals surface area contributed by atoms with Crippen LogP contribution in [0.1, 0.15) is 23.7 Å². The first kappa shape index (κ1) is 12.6. The summed E-state index contributed by atoms with van der Waals surface area (Å²) in [4.78, 5) is 16.9. The van der Waals surface area contributed by atoms with Crippen LogP contribution in [0, 0.1) is 0 Å². The van der Waals surface area contributed by atoms with Crippen LogP contribution in [0.25, 0.3) is 10.9 Å². The fraction of sp³-hybridized carbons (Fsp3) is 0.357. The minimum Gasteiger partial charge on any atom is -0.393 e. The summed E-state index contributed by atoms with van der Waals surface area (Å²) in [5, 5.41) is 10.3. The van der Waals surface area contributed by atoms with Gasteiger partial charge in [-0.3, -0.25) is 4.79 Å². The first-order valence-electron chi connectivity index (χ1n) is 6.08. The molecule has 4 nitrogen and oxygen atoms in total. The van der Waals surface area contributed by atoms with E-state index in [4.69, 9.17) is 0 Å². The van der Waals surface area contributed by atoms with Gasteiger partial charge in [-0.1, -0.05) is 0 Å². The van der Waals surface area contributed by atoms with E-state index in [1.165, 1.54) is 0 Å². The number of benzene rings is 1. The SMILES string of the molecule is CC(O)CCN(C)C(=O)c1ccc2[nH]ccc2c1. The summed E-state index contributed by atoms with van der Waals surface area (Å²) in [6.45, 7) is 2.28. The Bertz CT molecular complexity index is 545. The van der Waals surface area contributed by atoms with Gasteiger partial charge in [0.25, 0.3) is 5.91 Å². The average Bonchev–Trinajstić information content (AvgIpc) is 2.81. The number of rotatable bonds is 4. The third kappa shape index (κ3) is 2.71. The minimum atomic E-state index is -0.382. The van der Waals surface area contributed by atoms with Crippen LogP contribution >= 0.6 is 0 Å². The van der Waals surface area contributed by atoms with Gasteiger partial charge in [-0.2, -0.15) is 0 Å². The standard InChI is InChI=1S/C14H18N2O2/c1-10(17)6-8-16(2)14(18)12-3-4-13-11(9-12)5-7-15-13/h3-5,7,9-10,15,17H,6,8H2,1-2H3. The van der Waals surface area contributed by atoms with Gasteiger partial charge in [0.05, 0.1) is 6.10 Å². The highest BCUT2D eigenvalue weighted by molar-refractivity contribution is 5.97. The number of H-pyrrole nitrogens is 1. The molecule has 4 heteroatoms. The molecule has 2 N–H and O–H groups in total. The average molecular weight is 246 g/mol. The number of aliphatic hydroxyl groups excluding tert-OH is 1. The van der Waals surface area contributed by atoms with E-state index in [1.807, 2.05) is 30.5 Å². The fourth-order valence-electron chi connectivity index (χ4n) is 1.89. The van der Waals surface area contributed by atoms with Crippen molar-refractivity contribution in [1.82, 2.24) is 9.88 Å². The molecule has 0 saturated carbocycles. The molecule has 1 atom stereocenters. The predicted molar refractivity (Wildman–Crippen MR) is 71.6 cm³/mol. The summed E-state index contributed by atoms with van der Waals surface area (Å²) in [5.74, 6) is -0.0150. The molecule has 0 aliphatic heterocycles. The lowest BCUT2D eigenvalue weighted by Gasteiger charge is -2.18. The molecule has 0 fully saturated rings. The fourth-order valence-corrected chi connectivity index (χ4v) is 1.89. The number of hydrogen-bond acceptors (Lipinski definition) is 2. The zero-order valence-electron chi connectivity index (χ0n) is 10.7. The molecule has 0 bridgehead atoms. The quantitative estimate of drug-likeness (QED) is 0.867. The molecule has 0 saturated heterocycles. The zero-order chi connectivity index (χ0) is 13.1. The van der Waals surface area contributed by atoms with Crippen molar-refractivity contribution >= 4 is 16.8 Å². The normalized spacial score (nSPS) is 12.6. The van der Waals surface area contributed by atoms with E-state index in [1.54, 1.807) is 18.9 Å². The summed E-state index contributed by atoms with van der Waals surface area (Å²) in [5.41, 5.74) is 1.70. The Morgan fingerprint density at radius 2 is 2.22 bits per heavy atom. The van der Waals surface area contributed by atoms with Gasteiger partial charge in [0, 0.05) is 36.3 Å². The molecule has 2 aromatic rings. The van der Waals surface area contributed by atoms with Crippen molar-refractivity contribution < 1.29 is 9.90 Å². The van der Waals surface area contributed by atoms with Crippen molar-refractivity contribution in [3.05, 3.63) is 36.0 Å². The lowest BCUT2D eigenvalue weighted by molar-refractivity contribution is 0.0769. The number of carbonyl (C=O) groups is 1. The van der Waals surface area contributed by atoms with Crippen LogP contribution in [0.3, 0.4) is 0 Å². The number of aromatic amines is 1. The zero-order valence-corrected chi connectivity index (χ0v) is 10.7. The molecule has 18 heavy (non-hydrogen) atoms. The summed E-state index contributed by atoms with van der Waals surface area (Å²) in [6.07, 6.45) is 2.07. The topological polar surface area (TPSA) is 56.3 Å². The van der Waals surface area contributed by atoms with Crippen LogP contribution in [0.4, 0.5) is 0 Å². The number of aliphatic hydroxyl groups is 1. The second-order valence-corrected chi connectivity index (χ2v) is 4.64. The number of fused-ring (bicyclic) bond motifs is 1. The van der Waals surface area contributed by atoms with Crippen molar-refractivity contribution in [2.24, 2.45) is 0 Å². The highest BCUT2D eigenvalue weighted by Gasteiger charge is 2.12. The van der Waals surface area contributed by atoms with Crippen molar-refractivity contribution in [2.45, 2.75) is 19.4 Å². The van der Waals surface area contributed by atoms with Crippen LogP contribution in [-0.2, 0) is 0 Å². The van der Waals surface area contributed by atoms with E-state index >= 15 is 0 Å². The third-order valence-corrected chi connectivity index (χ3v) is 3.03. The monoisotopic (exact) mass is 246 g/mol. The highest BCUT2D eigenvalue weighted by Crippen LogP contribution is 2.15. The number of carbonyl (C=O) groups excluding carboxylic acids is 1. The molecule has 0 radical (unpaired) electrons. The molecule has 96 valence electrons. The Morgan fingerprint density at radius 1 is 1.44 bits per heavy atom. The Morgan fingerprint density at radius 3 is 2.94 bits per heavy atom. The largest absolute Gasteiger partial charge is 0.393 e. The molecule has 0 aliphatic carbocycles.